The van der Waals surface area contributed by atoms with Crippen LogP contribution in [0.25, 0.3) is 0 Å². The lowest BCUT2D eigenvalue weighted by Crippen LogP contribution is -2.42. The molecule has 0 aromatic heterocycles. The summed E-state index contributed by atoms with van der Waals surface area (Å²) in [4.78, 5) is 12.0. The lowest BCUT2D eigenvalue weighted by Gasteiger charge is -2.28. The van der Waals surface area contributed by atoms with Crippen molar-refractivity contribution in [2.45, 2.75) is 57.8 Å². The van der Waals surface area contributed by atoms with Crippen LogP contribution in [0.4, 0.5) is 0 Å². The first-order chi connectivity index (χ1) is 13.6. The fraction of sp³-hybridized carbons (Fsp3) is 0.591. The molecule has 2 N–H and O–H groups in total. The number of unbranched alkanes of at least 4 members (excludes halogenated alkanes) is 2. The number of benzene rings is 1. The number of hydrogen-bond donors (Lipinski definition) is 2. The fourth-order valence-electron chi connectivity index (χ4n) is 2.49. The van der Waals surface area contributed by atoms with Crippen LogP contribution in [0.1, 0.15) is 49.9 Å². The van der Waals surface area contributed by atoms with E-state index in [4.69, 9.17) is 14.2 Å². The lowest BCUT2D eigenvalue weighted by molar-refractivity contribution is -0.118. The van der Waals surface area contributed by atoms with Gasteiger partial charge in [0.1, 0.15) is 24.9 Å². The minimum atomic E-state index is -1.06. The number of rotatable bonds is 15. The third-order valence-corrected chi connectivity index (χ3v) is 4.15. The molecule has 0 aliphatic rings. The van der Waals surface area contributed by atoms with Crippen molar-refractivity contribution in [3.63, 3.8) is 0 Å². The largest absolute Gasteiger partial charge is 0.458 e. The van der Waals surface area contributed by atoms with E-state index in [-0.39, 0.29) is 6.61 Å². The molecule has 6 nitrogen and oxygen atoms in total. The second-order valence-corrected chi connectivity index (χ2v) is 6.52. The molecule has 1 aromatic carbocycles. The van der Waals surface area contributed by atoms with Crippen LogP contribution in [-0.4, -0.2) is 60.9 Å². The van der Waals surface area contributed by atoms with E-state index in [1.165, 1.54) is 0 Å². The Kier molecular flexibility index (Phi) is 13.2. The van der Waals surface area contributed by atoms with Crippen molar-refractivity contribution >= 4 is 5.97 Å². The summed E-state index contributed by atoms with van der Waals surface area (Å²) in [6, 6.07) is 8.77. The Hall–Kier alpha value is -1.73. The Morgan fingerprint density at radius 3 is 2.32 bits per heavy atom. The molecule has 0 saturated carbocycles. The van der Waals surface area contributed by atoms with E-state index in [9.17, 15) is 15.0 Å². The highest BCUT2D eigenvalue weighted by Crippen LogP contribution is 2.13. The number of hydrogen-bond acceptors (Lipinski definition) is 6. The SMILES string of the molecule is CCCCO[C@@H]([C@@H](O)CO)[C@@H](/C=C\COC(=O)c1ccccc1)OCCCC. The van der Waals surface area contributed by atoms with E-state index in [2.05, 4.69) is 13.8 Å². The van der Waals surface area contributed by atoms with Gasteiger partial charge in [-0.3, -0.25) is 0 Å². The van der Waals surface area contributed by atoms with Crippen LogP contribution in [0.15, 0.2) is 42.5 Å². The smallest absolute Gasteiger partial charge is 0.338 e. The van der Waals surface area contributed by atoms with Crippen molar-refractivity contribution < 1.29 is 29.2 Å². The van der Waals surface area contributed by atoms with E-state index in [0.717, 1.165) is 25.7 Å². The number of aliphatic hydroxyl groups excluding tert-OH is 2. The van der Waals surface area contributed by atoms with Crippen molar-refractivity contribution in [3.05, 3.63) is 48.0 Å². The second-order valence-electron chi connectivity index (χ2n) is 6.52. The molecule has 1 rings (SSSR count). The number of carbonyl (C=O) groups excluding carboxylic acids is 1. The van der Waals surface area contributed by atoms with Gasteiger partial charge >= 0.3 is 5.97 Å². The number of ether oxygens (including phenoxy) is 3. The van der Waals surface area contributed by atoms with Crippen LogP contribution < -0.4 is 0 Å². The van der Waals surface area contributed by atoms with Gasteiger partial charge in [-0.2, -0.15) is 0 Å². The molecule has 0 fully saturated rings. The summed E-state index contributed by atoms with van der Waals surface area (Å²) in [7, 11) is 0. The Labute approximate surface area is 168 Å². The normalized spacial score (nSPS) is 14.7. The maximum atomic E-state index is 12.0. The van der Waals surface area contributed by atoms with Gasteiger partial charge in [-0.25, -0.2) is 4.79 Å². The van der Waals surface area contributed by atoms with Crippen molar-refractivity contribution in [2.75, 3.05) is 26.4 Å². The van der Waals surface area contributed by atoms with Crippen molar-refractivity contribution in [1.82, 2.24) is 0 Å². The summed E-state index contributed by atoms with van der Waals surface area (Å²) in [5.41, 5.74) is 0.489. The molecule has 0 unspecified atom stereocenters. The molecule has 0 aliphatic carbocycles. The fourth-order valence-corrected chi connectivity index (χ4v) is 2.49. The predicted molar refractivity (Wildman–Crippen MR) is 108 cm³/mol. The van der Waals surface area contributed by atoms with E-state index in [1.807, 2.05) is 6.07 Å². The molecular weight excluding hydrogens is 360 g/mol. The van der Waals surface area contributed by atoms with Crippen LogP contribution in [-0.2, 0) is 14.2 Å². The molecule has 0 saturated heterocycles. The summed E-state index contributed by atoms with van der Waals surface area (Å²) in [6.07, 6.45) is 4.81. The average Bonchev–Trinajstić information content (AvgIpc) is 2.73. The van der Waals surface area contributed by atoms with Crippen LogP contribution in [0.2, 0.25) is 0 Å². The zero-order valence-electron chi connectivity index (χ0n) is 17.0. The van der Waals surface area contributed by atoms with Gasteiger partial charge in [-0.1, -0.05) is 51.0 Å². The Balaban J connectivity index is 2.68. The number of carbonyl (C=O) groups is 1. The van der Waals surface area contributed by atoms with Crippen molar-refractivity contribution in [2.24, 2.45) is 0 Å². The zero-order valence-corrected chi connectivity index (χ0v) is 17.0. The van der Waals surface area contributed by atoms with Crippen molar-refractivity contribution in [1.29, 1.82) is 0 Å². The van der Waals surface area contributed by atoms with Gasteiger partial charge in [0.2, 0.25) is 0 Å². The number of esters is 1. The number of aliphatic hydroxyl groups is 2. The third-order valence-electron chi connectivity index (χ3n) is 4.15. The lowest BCUT2D eigenvalue weighted by atomic mass is 10.1. The first-order valence-corrected chi connectivity index (χ1v) is 10.0. The predicted octanol–water partition coefficient (Wildman–Crippen LogP) is 3.12. The second kappa shape index (κ2) is 15.2. The van der Waals surface area contributed by atoms with E-state index < -0.39 is 30.9 Å². The van der Waals surface area contributed by atoms with Gasteiger partial charge < -0.3 is 24.4 Å². The average molecular weight is 395 g/mol. The minimum absolute atomic E-state index is 0.0816. The standard InChI is InChI=1S/C22H34O6/c1-3-5-14-26-20(21(19(24)17-23)27-15-6-4-2)13-10-16-28-22(25)18-11-8-7-9-12-18/h7-13,19-21,23-24H,3-6,14-17H2,1-2H3/b13-10-/t19-,20+,21-/m0/s1. The molecule has 1 aromatic rings. The summed E-state index contributed by atoms with van der Waals surface area (Å²) in [6.45, 7) is 4.77. The van der Waals surface area contributed by atoms with Crippen LogP contribution in [0, 0.1) is 0 Å². The summed E-state index contributed by atoms with van der Waals surface area (Å²) < 4.78 is 16.9. The Morgan fingerprint density at radius 1 is 1.07 bits per heavy atom. The van der Waals surface area contributed by atoms with Gasteiger partial charge in [0.25, 0.3) is 0 Å². The summed E-state index contributed by atoms with van der Waals surface area (Å²) in [5, 5.41) is 19.5. The maximum absolute atomic E-state index is 12.0. The van der Waals surface area contributed by atoms with Gasteiger partial charge in [0.05, 0.1) is 12.2 Å². The van der Waals surface area contributed by atoms with E-state index >= 15 is 0 Å². The highest BCUT2D eigenvalue weighted by atomic mass is 16.6. The minimum Gasteiger partial charge on any atom is -0.458 e. The molecule has 0 aliphatic heterocycles. The first-order valence-electron chi connectivity index (χ1n) is 10.0. The third kappa shape index (κ3) is 9.46. The molecular formula is C22H34O6. The van der Waals surface area contributed by atoms with Gasteiger partial charge in [-0.15, -0.1) is 0 Å². The van der Waals surface area contributed by atoms with Crippen LogP contribution in [0.5, 0.6) is 0 Å². The topological polar surface area (TPSA) is 85.2 Å². The molecule has 28 heavy (non-hydrogen) atoms. The maximum Gasteiger partial charge on any atom is 0.338 e. The summed E-state index contributed by atoms with van der Waals surface area (Å²) >= 11 is 0. The molecule has 3 atom stereocenters. The highest BCUT2D eigenvalue weighted by Gasteiger charge is 2.28. The molecule has 6 heteroatoms. The monoisotopic (exact) mass is 394 g/mol. The van der Waals surface area contributed by atoms with Crippen LogP contribution in [0.3, 0.4) is 0 Å². The Morgan fingerprint density at radius 2 is 1.71 bits per heavy atom. The first kappa shape index (κ1) is 24.3. The van der Waals surface area contributed by atoms with Crippen molar-refractivity contribution in [3.8, 4) is 0 Å². The van der Waals surface area contributed by atoms with Gasteiger partial charge in [0, 0.05) is 13.2 Å². The molecule has 0 spiro atoms. The molecule has 158 valence electrons. The quantitative estimate of drug-likeness (QED) is 0.270. The molecule has 0 bridgehead atoms. The Bertz CT molecular complexity index is 545. The zero-order chi connectivity index (χ0) is 20.6. The molecule has 0 radical (unpaired) electrons. The van der Waals surface area contributed by atoms with E-state index in [0.29, 0.717) is 18.8 Å². The molecule has 0 heterocycles. The van der Waals surface area contributed by atoms with Gasteiger partial charge in [0.15, 0.2) is 0 Å². The van der Waals surface area contributed by atoms with E-state index in [1.54, 1.807) is 36.4 Å². The van der Waals surface area contributed by atoms with Gasteiger partial charge in [-0.05, 0) is 31.1 Å². The van der Waals surface area contributed by atoms with Crippen LogP contribution >= 0.6 is 0 Å². The highest BCUT2D eigenvalue weighted by molar-refractivity contribution is 5.89. The molecule has 0 amide bonds. The summed E-state index contributed by atoms with van der Waals surface area (Å²) in [5.74, 6) is -0.403.